The molecule has 2 amide bonds. The van der Waals surface area contributed by atoms with Crippen molar-refractivity contribution < 1.29 is 9.59 Å². The van der Waals surface area contributed by atoms with E-state index in [0.29, 0.717) is 18.4 Å². The average molecular weight is 385 g/mol. The maximum atomic E-state index is 12.6. The molecular weight excluding hydrogens is 358 g/mol. The van der Waals surface area contributed by atoms with Crippen LogP contribution in [0.4, 0.5) is 0 Å². The lowest BCUT2D eigenvalue weighted by molar-refractivity contribution is -0.123. The van der Waals surface area contributed by atoms with E-state index in [-0.39, 0.29) is 36.0 Å². The summed E-state index contributed by atoms with van der Waals surface area (Å²) in [6.07, 6.45) is 2.31. The van der Waals surface area contributed by atoms with Crippen molar-refractivity contribution in [2.24, 2.45) is 0 Å². The van der Waals surface area contributed by atoms with E-state index in [0.717, 1.165) is 23.9 Å². The van der Waals surface area contributed by atoms with Gasteiger partial charge in [-0.15, -0.1) is 0 Å². The zero-order chi connectivity index (χ0) is 20.3. The molecule has 150 valence electrons. The summed E-state index contributed by atoms with van der Waals surface area (Å²) < 4.78 is 1.22. The molecule has 0 unspecified atom stereocenters. The number of amides is 2. The first-order valence-corrected chi connectivity index (χ1v) is 9.56. The minimum Gasteiger partial charge on any atom is -0.359 e. The number of benzene rings is 1. The highest BCUT2D eigenvalue weighted by Crippen LogP contribution is 2.24. The van der Waals surface area contributed by atoms with Gasteiger partial charge in [-0.25, -0.2) is 4.68 Å². The third-order valence-electron chi connectivity index (χ3n) is 5.57. The van der Waals surface area contributed by atoms with Crippen LogP contribution in [-0.4, -0.2) is 59.2 Å². The Kier molecular flexibility index (Phi) is 6.08. The maximum absolute atomic E-state index is 12.6. The van der Waals surface area contributed by atoms with Gasteiger partial charge in [0, 0.05) is 37.5 Å². The highest BCUT2D eigenvalue weighted by Gasteiger charge is 2.31. The van der Waals surface area contributed by atoms with Crippen LogP contribution >= 0.6 is 0 Å². The number of likely N-dealkylation sites (tertiary alicyclic amines) is 1. The van der Waals surface area contributed by atoms with E-state index in [2.05, 4.69) is 20.6 Å². The predicted molar refractivity (Wildman–Crippen MR) is 107 cm³/mol. The summed E-state index contributed by atoms with van der Waals surface area (Å²) in [5.74, 6) is -0.217. The Morgan fingerprint density at radius 3 is 2.54 bits per heavy atom. The van der Waals surface area contributed by atoms with E-state index in [1.807, 2.05) is 26.1 Å². The van der Waals surface area contributed by atoms with Gasteiger partial charge in [-0.1, -0.05) is 18.2 Å². The Labute approximate surface area is 163 Å². The van der Waals surface area contributed by atoms with Crippen LogP contribution in [0.25, 0.3) is 10.8 Å². The second kappa shape index (κ2) is 8.52. The molecule has 0 radical (unpaired) electrons. The summed E-state index contributed by atoms with van der Waals surface area (Å²) in [5, 5.41) is 11.2. The maximum Gasteiger partial charge on any atom is 0.275 e. The smallest absolute Gasteiger partial charge is 0.275 e. The molecule has 1 saturated heterocycles. The summed E-state index contributed by atoms with van der Waals surface area (Å²) in [6.45, 7) is 2.21. The zero-order valence-corrected chi connectivity index (χ0v) is 16.6. The van der Waals surface area contributed by atoms with Crippen molar-refractivity contribution in [3.63, 3.8) is 0 Å². The molecular formula is C20H27N5O3. The van der Waals surface area contributed by atoms with Crippen LogP contribution in [-0.2, 0) is 16.1 Å². The van der Waals surface area contributed by atoms with E-state index in [4.69, 9.17) is 0 Å². The summed E-state index contributed by atoms with van der Waals surface area (Å²) in [6, 6.07) is 7.65. The summed E-state index contributed by atoms with van der Waals surface area (Å²) >= 11 is 0. The summed E-state index contributed by atoms with van der Waals surface area (Å²) in [4.78, 5) is 38.7. The standard InChI is InChI=1S/C20H27N5O3/c1-13-16-6-4-5-7-17(16)20(28)25(23-13)12-19(27)22-11-15-9-8-14(24(15)3)10-18(26)21-2/h4-7,14-15H,8-12H2,1-3H3,(H,21,26)(H,22,27)/t14-,15+/m1/s1. The van der Waals surface area contributed by atoms with E-state index in [9.17, 15) is 14.4 Å². The Bertz CT molecular complexity index is 939. The molecule has 1 aromatic carbocycles. The fourth-order valence-corrected chi connectivity index (χ4v) is 3.83. The Hall–Kier alpha value is -2.74. The van der Waals surface area contributed by atoms with Crippen molar-refractivity contribution >= 4 is 22.6 Å². The molecule has 0 bridgehead atoms. The van der Waals surface area contributed by atoms with Crippen LogP contribution < -0.4 is 16.2 Å². The van der Waals surface area contributed by atoms with Crippen molar-refractivity contribution in [3.05, 3.63) is 40.3 Å². The molecule has 2 aromatic rings. The molecule has 0 spiro atoms. The van der Waals surface area contributed by atoms with Crippen LogP contribution in [0, 0.1) is 6.92 Å². The topological polar surface area (TPSA) is 96.3 Å². The molecule has 0 aliphatic carbocycles. The average Bonchev–Trinajstić information content (AvgIpc) is 3.03. The fraction of sp³-hybridized carbons (Fsp3) is 0.500. The first-order valence-electron chi connectivity index (χ1n) is 9.56. The van der Waals surface area contributed by atoms with Crippen molar-refractivity contribution in [2.75, 3.05) is 20.6 Å². The van der Waals surface area contributed by atoms with Gasteiger partial charge in [0.15, 0.2) is 0 Å². The van der Waals surface area contributed by atoms with Crippen LogP contribution in [0.5, 0.6) is 0 Å². The van der Waals surface area contributed by atoms with Crippen LogP contribution in [0.15, 0.2) is 29.1 Å². The van der Waals surface area contributed by atoms with Gasteiger partial charge in [-0.3, -0.25) is 19.3 Å². The predicted octanol–water partition coefficient (Wildman–Crippen LogP) is 0.420. The molecule has 1 fully saturated rings. The minimum absolute atomic E-state index is 0.0265. The monoisotopic (exact) mass is 385 g/mol. The van der Waals surface area contributed by atoms with Crippen LogP contribution in [0.1, 0.15) is 25.0 Å². The van der Waals surface area contributed by atoms with Crippen molar-refractivity contribution in [1.29, 1.82) is 0 Å². The molecule has 1 aliphatic heterocycles. The van der Waals surface area contributed by atoms with Crippen LogP contribution in [0.2, 0.25) is 0 Å². The van der Waals surface area contributed by atoms with Gasteiger partial charge < -0.3 is 10.6 Å². The lowest BCUT2D eigenvalue weighted by Gasteiger charge is -2.25. The number of nitrogens with one attached hydrogen (secondary N) is 2. The first kappa shape index (κ1) is 20.0. The van der Waals surface area contributed by atoms with Crippen molar-refractivity contribution in [1.82, 2.24) is 25.3 Å². The van der Waals surface area contributed by atoms with Crippen LogP contribution in [0.3, 0.4) is 0 Å². The molecule has 8 nitrogen and oxygen atoms in total. The molecule has 28 heavy (non-hydrogen) atoms. The number of nitrogens with zero attached hydrogens (tertiary/aromatic N) is 3. The number of aromatic nitrogens is 2. The van der Waals surface area contributed by atoms with Gasteiger partial charge in [0.2, 0.25) is 11.8 Å². The normalized spacial score (nSPS) is 19.7. The highest BCUT2D eigenvalue weighted by atomic mass is 16.2. The van der Waals surface area contributed by atoms with Gasteiger partial charge >= 0.3 is 0 Å². The highest BCUT2D eigenvalue weighted by molar-refractivity contribution is 5.83. The van der Waals surface area contributed by atoms with Gasteiger partial charge in [0.1, 0.15) is 6.54 Å². The molecule has 1 aromatic heterocycles. The van der Waals surface area contributed by atoms with E-state index in [1.165, 1.54) is 4.68 Å². The molecule has 8 heteroatoms. The number of carbonyl (C=O) groups excluding carboxylic acids is 2. The largest absolute Gasteiger partial charge is 0.359 e. The third-order valence-corrected chi connectivity index (χ3v) is 5.57. The second-order valence-corrected chi connectivity index (χ2v) is 7.33. The Morgan fingerprint density at radius 1 is 1.14 bits per heavy atom. The molecule has 0 saturated carbocycles. The van der Waals surface area contributed by atoms with Gasteiger partial charge in [-0.2, -0.15) is 5.10 Å². The Balaban J connectivity index is 1.60. The second-order valence-electron chi connectivity index (χ2n) is 7.33. The minimum atomic E-state index is -0.264. The van der Waals surface area contributed by atoms with E-state index < -0.39 is 0 Å². The fourth-order valence-electron chi connectivity index (χ4n) is 3.83. The van der Waals surface area contributed by atoms with Gasteiger partial charge in [-0.05, 0) is 32.9 Å². The number of likely N-dealkylation sites (N-methyl/N-ethyl adjacent to an activating group) is 1. The van der Waals surface area contributed by atoms with E-state index in [1.54, 1.807) is 19.2 Å². The van der Waals surface area contributed by atoms with Gasteiger partial charge in [0.05, 0.1) is 11.1 Å². The van der Waals surface area contributed by atoms with Crippen molar-refractivity contribution in [2.45, 2.75) is 44.8 Å². The molecule has 1 aliphatic rings. The summed E-state index contributed by atoms with van der Waals surface area (Å²) in [5.41, 5.74) is 0.454. The quantitative estimate of drug-likeness (QED) is 0.751. The SMILES string of the molecule is CNC(=O)C[C@H]1CC[C@@H](CNC(=O)Cn2nc(C)c3ccccc3c2=O)N1C. The number of hydrogen-bond acceptors (Lipinski definition) is 5. The van der Waals surface area contributed by atoms with Crippen molar-refractivity contribution in [3.8, 4) is 0 Å². The number of carbonyl (C=O) groups is 2. The number of hydrogen-bond donors (Lipinski definition) is 2. The first-order chi connectivity index (χ1) is 13.4. The summed E-state index contributed by atoms with van der Waals surface area (Å²) in [7, 11) is 3.62. The lowest BCUT2D eigenvalue weighted by Crippen LogP contribution is -2.43. The third kappa shape index (κ3) is 4.22. The number of aryl methyl sites for hydroxylation is 1. The molecule has 3 rings (SSSR count). The van der Waals surface area contributed by atoms with E-state index >= 15 is 0 Å². The van der Waals surface area contributed by atoms with Gasteiger partial charge in [0.25, 0.3) is 5.56 Å². The molecule has 2 heterocycles. The zero-order valence-electron chi connectivity index (χ0n) is 16.6. The number of fused-ring (bicyclic) bond motifs is 1. The molecule has 2 atom stereocenters. The number of rotatable bonds is 6. The molecule has 2 N–H and O–H groups in total. The Morgan fingerprint density at radius 2 is 1.82 bits per heavy atom. The lowest BCUT2D eigenvalue weighted by atomic mass is 10.1.